The van der Waals surface area contributed by atoms with Crippen LogP contribution in [0.3, 0.4) is 0 Å². The summed E-state index contributed by atoms with van der Waals surface area (Å²) in [6.07, 6.45) is 4.64. The number of hydrogen-bond acceptors (Lipinski definition) is 8. The monoisotopic (exact) mass is 442 g/mol. The molecule has 0 spiro atoms. The molecule has 5 heterocycles. The third-order valence-corrected chi connectivity index (χ3v) is 5.68. The van der Waals surface area contributed by atoms with Crippen LogP contribution in [0.4, 0.5) is 17.3 Å². The second-order valence-corrected chi connectivity index (χ2v) is 8.07. The fourth-order valence-electron chi connectivity index (χ4n) is 3.97. The Kier molecular flexibility index (Phi) is 4.85. The van der Waals surface area contributed by atoms with Crippen LogP contribution in [0.2, 0.25) is 0 Å². The number of fused-ring (bicyclic) bond motifs is 2. The van der Waals surface area contributed by atoms with E-state index in [0.29, 0.717) is 31.4 Å². The average Bonchev–Trinajstić information content (AvgIpc) is 3.23. The molecule has 1 saturated heterocycles. The zero-order chi connectivity index (χ0) is 22.2. The Morgan fingerprint density at radius 1 is 1.06 bits per heavy atom. The molecule has 6 rings (SSSR count). The molecule has 33 heavy (non-hydrogen) atoms. The van der Waals surface area contributed by atoms with Crippen LogP contribution >= 0.6 is 0 Å². The number of H-pyrrole nitrogens is 1. The van der Waals surface area contributed by atoms with Crippen LogP contribution in [0.25, 0.3) is 22.2 Å². The van der Waals surface area contributed by atoms with Crippen LogP contribution in [0.5, 0.6) is 0 Å². The summed E-state index contributed by atoms with van der Waals surface area (Å²) in [5, 5.41) is 20.8. The number of aliphatic hydroxyl groups is 1. The van der Waals surface area contributed by atoms with Crippen molar-refractivity contribution in [3.63, 3.8) is 0 Å². The summed E-state index contributed by atoms with van der Waals surface area (Å²) in [4.78, 5) is 17.9. The van der Waals surface area contributed by atoms with E-state index >= 15 is 0 Å². The van der Waals surface area contributed by atoms with Gasteiger partial charge in [-0.25, -0.2) is 15.0 Å². The lowest BCUT2D eigenvalue weighted by atomic mass is 10.1. The minimum atomic E-state index is -0.522. The van der Waals surface area contributed by atoms with Crippen molar-refractivity contribution < 1.29 is 9.84 Å². The van der Waals surface area contributed by atoms with Gasteiger partial charge >= 0.3 is 0 Å². The number of aliphatic hydroxyl groups excluding tert-OH is 1. The van der Waals surface area contributed by atoms with Crippen molar-refractivity contribution in [1.82, 2.24) is 29.7 Å². The van der Waals surface area contributed by atoms with Gasteiger partial charge in [-0.2, -0.15) is 0 Å². The zero-order valence-corrected chi connectivity index (χ0v) is 17.6. The molecule has 2 unspecified atom stereocenters. The minimum absolute atomic E-state index is 0.137. The molecule has 1 aromatic carbocycles. The fraction of sp³-hybridized carbons (Fsp3) is 0.217. The maximum absolute atomic E-state index is 9.95. The minimum Gasteiger partial charge on any atom is -0.388 e. The number of benzene rings is 1. The molecule has 2 atom stereocenters. The van der Waals surface area contributed by atoms with E-state index in [9.17, 15) is 5.11 Å². The maximum Gasteiger partial charge on any atom is 0.194 e. The van der Waals surface area contributed by atoms with Gasteiger partial charge in [-0.1, -0.05) is 12.1 Å². The average molecular weight is 442 g/mol. The molecule has 4 N–H and O–H groups in total. The number of rotatable bonds is 6. The highest BCUT2D eigenvalue weighted by molar-refractivity contribution is 5.79. The van der Waals surface area contributed by atoms with Gasteiger partial charge in [-0.05, 0) is 29.8 Å². The van der Waals surface area contributed by atoms with Crippen molar-refractivity contribution in [1.29, 1.82) is 0 Å². The first-order chi connectivity index (χ1) is 16.2. The van der Waals surface area contributed by atoms with Gasteiger partial charge in [0, 0.05) is 29.5 Å². The molecule has 1 aliphatic heterocycles. The lowest BCUT2D eigenvalue weighted by molar-refractivity contribution is 0.125. The van der Waals surface area contributed by atoms with Gasteiger partial charge < -0.3 is 20.5 Å². The van der Waals surface area contributed by atoms with E-state index in [0.717, 1.165) is 33.4 Å². The fourth-order valence-corrected chi connectivity index (χ4v) is 3.97. The number of ether oxygens (including phenoxy) is 1. The summed E-state index contributed by atoms with van der Waals surface area (Å²) >= 11 is 0. The smallest absolute Gasteiger partial charge is 0.194 e. The summed E-state index contributed by atoms with van der Waals surface area (Å²) in [7, 11) is 0. The van der Waals surface area contributed by atoms with Crippen LogP contribution in [-0.2, 0) is 11.3 Å². The molecule has 0 radical (unpaired) electrons. The van der Waals surface area contributed by atoms with Gasteiger partial charge in [-0.3, -0.25) is 14.8 Å². The van der Waals surface area contributed by atoms with Crippen molar-refractivity contribution in [3.8, 4) is 0 Å². The highest BCUT2D eigenvalue weighted by Gasteiger charge is 2.25. The van der Waals surface area contributed by atoms with E-state index < -0.39 is 6.10 Å². The summed E-state index contributed by atoms with van der Waals surface area (Å²) < 4.78 is 7.25. The standard InChI is InChI=1S/C23H22N8O2/c32-19-13-33-12-18(19)27-16-5-7-25-20(9-16)28-21-10-26-22-23(29-21)31(30-22)11-14-3-4-17-15(8-14)2-1-6-24-17/h1-10,18-19,32H,11-13H2,(H,26,30)(H2,25,27,28,29). The van der Waals surface area contributed by atoms with E-state index in [4.69, 9.17) is 9.72 Å². The molecule has 1 fully saturated rings. The lowest BCUT2D eigenvalue weighted by Gasteiger charge is -2.17. The van der Waals surface area contributed by atoms with Gasteiger partial charge in [-0.15, -0.1) is 0 Å². The van der Waals surface area contributed by atoms with Crippen molar-refractivity contribution in [3.05, 3.63) is 66.6 Å². The van der Waals surface area contributed by atoms with Crippen molar-refractivity contribution in [2.45, 2.75) is 18.7 Å². The normalized spacial score (nSPS) is 18.2. The molecule has 5 aromatic rings. The van der Waals surface area contributed by atoms with E-state index in [1.165, 1.54) is 0 Å². The van der Waals surface area contributed by atoms with Gasteiger partial charge in [0.1, 0.15) is 5.82 Å². The van der Waals surface area contributed by atoms with Crippen LogP contribution in [0.15, 0.2) is 61.1 Å². The molecule has 4 aromatic heterocycles. The van der Waals surface area contributed by atoms with Crippen LogP contribution in [-0.4, -0.2) is 60.2 Å². The zero-order valence-electron chi connectivity index (χ0n) is 17.6. The SMILES string of the molecule is OC1COCC1Nc1ccnc(Nc2cnc3[nH]n(Cc4ccc5ncccc5c4)c3n2)c1. The summed E-state index contributed by atoms with van der Waals surface area (Å²) in [6.45, 7) is 1.47. The number of nitrogens with one attached hydrogen (secondary N) is 3. The van der Waals surface area contributed by atoms with Gasteiger partial charge in [0.05, 0.1) is 43.6 Å². The van der Waals surface area contributed by atoms with E-state index in [1.807, 2.05) is 28.9 Å². The second kappa shape index (κ2) is 8.15. The quantitative estimate of drug-likeness (QED) is 0.316. The molecule has 0 bridgehead atoms. The molecular formula is C23H22N8O2. The third kappa shape index (κ3) is 3.97. The van der Waals surface area contributed by atoms with Crippen molar-refractivity contribution >= 4 is 39.5 Å². The Bertz CT molecular complexity index is 1430. The predicted molar refractivity (Wildman–Crippen MR) is 124 cm³/mol. The molecule has 0 aliphatic carbocycles. The maximum atomic E-state index is 9.95. The first kappa shape index (κ1) is 19.6. The number of nitrogens with zero attached hydrogens (tertiary/aromatic N) is 5. The number of anilines is 3. The van der Waals surface area contributed by atoms with E-state index in [2.05, 4.69) is 48.9 Å². The molecule has 0 saturated carbocycles. The molecule has 10 heteroatoms. The van der Waals surface area contributed by atoms with Crippen molar-refractivity contribution in [2.24, 2.45) is 0 Å². The summed E-state index contributed by atoms with van der Waals surface area (Å²) in [5.74, 6) is 1.22. The number of aromatic amines is 1. The molecule has 10 nitrogen and oxygen atoms in total. The van der Waals surface area contributed by atoms with Crippen molar-refractivity contribution in [2.75, 3.05) is 23.8 Å². The molecule has 166 valence electrons. The highest BCUT2D eigenvalue weighted by atomic mass is 16.5. The highest BCUT2D eigenvalue weighted by Crippen LogP contribution is 2.21. The molecule has 0 amide bonds. The number of pyridine rings is 2. The lowest BCUT2D eigenvalue weighted by Crippen LogP contribution is -2.31. The Labute approximate surface area is 188 Å². The largest absolute Gasteiger partial charge is 0.388 e. The van der Waals surface area contributed by atoms with Crippen LogP contribution in [0.1, 0.15) is 5.56 Å². The van der Waals surface area contributed by atoms with Gasteiger partial charge in [0.15, 0.2) is 17.1 Å². The summed E-state index contributed by atoms with van der Waals surface area (Å²) in [6, 6.07) is 13.8. The Hall–Kier alpha value is -4.02. The topological polar surface area (TPSA) is 126 Å². The first-order valence-corrected chi connectivity index (χ1v) is 10.7. The Morgan fingerprint density at radius 3 is 2.94 bits per heavy atom. The molecule has 1 aliphatic rings. The first-order valence-electron chi connectivity index (χ1n) is 10.7. The number of aromatic nitrogens is 6. The van der Waals surface area contributed by atoms with E-state index in [1.54, 1.807) is 18.6 Å². The molecular weight excluding hydrogens is 420 g/mol. The predicted octanol–water partition coefficient (Wildman–Crippen LogP) is 2.67. The van der Waals surface area contributed by atoms with Crippen LogP contribution < -0.4 is 10.6 Å². The van der Waals surface area contributed by atoms with Gasteiger partial charge in [0.2, 0.25) is 0 Å². The number of hydrogen-bond donors (Lipinski definition) is 4. The summed E-state index contributed by atoms with van der Waals surface area (Å²) in [5.41, 5.74) is 4.47. The third-order valence-electron chi connectivity index (χ3n) is 5.68. The van der Waals surface area contributed by atoms with E-state index in [-0.39, 0.29) is 6.04 Å². The Balaban J connectivity index is 1.19. The van der Waals surface area contributed by atoms with Crippen LogP contribution in [0, 0.1) is 0 Å². The van der Waals surface area contributed by atoms with Gasteiger partial charge in [0.25, 0.3) is 0 Å². The Morgan fingerprint density at radius 2 is 2.03 bits per heavy atom. The second-order valence-electron chi connectivity index (χ2n) is 8.07.